The van der Waals surface area contributed by atoms with E-state index in [9.17, 15) is 0 Å². The molecular formula is C30H26N6. The summed E-state index contributed by atoms with van der Waals surface area (Å²) in [6.45, 7) is 4.27. The van der Waals surface area contributed by atoms with Crippen LogP contribution in [0.5, 0.6) is 0 Å². The fraction of sp³-hybridized carbons (Fsp3) is 0.200. The molecule has 0 spiro atoms. The fourth-order valence-corrected chi connectivity index (χ4v) is 5.12. The van der Waals surface area contributed by atoms with E-state index in [0.717, 1.165) is 80.2 Å². The van der Waals surface area contributed by atoms with E-state index in [4.69, 9.17) is 21.4 Å². The molecule has 0 amide bonds. The number of fused-ring (bicyclic) bond motifs is 5. The molecule has 6 heterocycles. The van der Waals surface area contributed by atoms with E-state index in [-0.39, 0.29) is 6.04 Å². The van der Waals surface area contributed by atoms with Gasteiger partial charge in [0.25, 0.3) is 0 Å². The van der Waals surface area contributed by atoms with Gasteiger partial charge in [-0.1, -0.05) is 25.8 Å². The van der Waals surface area contributed by atoms with Crippen molar-refractivity contribution in [3.8, 4) is 12.3 Å². The molecule has 0 saturated carbocycles. The third-order valence-electron chi connectivity index (χ3n) is 6.94. The molecule has 0 aliphatic carbocycles. The van der Waals surface area contributed by atoms with Crippen molar-refractivity contribution < 1.29 is 0 Å². The van der Waals surface area contributed by atoms with Crippen molar-refractivity contribution in [3.05, 3.63) is 100 Å². The van der Waals surface area contributed by atoms with Gasteiger partial charge in [-0.05, 0) is 55.4 Å². The summed E-state index contributed by atoms with van der Waals surface area (Å²) in [7, 11) is 2.00. The van der Waals surface area contributed by atoms with Crippen LogP contribution >= 0.6 is 0 Å². The molecule has 6 rings (SSSR count). The predicted molar refractivity (Wildman–Crippen MR) is 146 cm³/mol. The van der Waals surface area contributed by atoms with Crippen molar-refractivity contribution in [2.45, 2.75) is 32.7 Å². The molecule has 0 aromatic carbocycles. The number of rotatable bonds is 3. The molecule has 0 radical (unpaired) electrons. The number of allylic oxidation sites excluding steroid dienone is 6. The van der Waals surface area contributed by atoms with Crippen LogP contribution in [0.3, 0.4) is 0 Å². The average Bonchev–Trinajstić information content (AvgIpc) is 3.69. The molecule has 36 heavy (non-hydrogen) atoms. The second-order valence-electron chi connectivity index (χ2n) is 8.99. The molecule has 1 N–H and O–H groups in total. The summed E-state index contributed by atoms with van der Waals surface area (Å²) in [5.41, 5.74) is 8.35. The van der Waals surface area contributed by atoms with Gasteiger partial charge in [-0.25, -0.2) is 15.0 Å². The number of aromatic amines is 1. The van der Waals surface area contributed by atoms with Gasteiger partial charge in [0.05, 0.1) is 45.0 Å². The van der Waals surface area contributed by atoms with Gasteiger partial charge in [-0.2, -0.15) is 0 Å². The zero-order valence-electron chi connectivity index (χ0n) is 20.6. The van der Waals surface area contributed by atoms with Crippen molar-refractivity contribution in [1.29, 1.82) is 0 Å². The first-order valence-electron chi connectivity index (χ1n) is 12.3. The number of aromatic nitrogens is 3. The molecule has 6 heteroatoms. The minimum absolute atomic E-state index is 0.222. The molecule has 1 atom stereocenters. The van der Waals surface area contributed by atoms with Crippen molar-refractivity contribution in [2.24, 2.45) is 22.0 Å². The molecule has 1 unspecified atom stereocenters. The van der Waals surface area contributed by atoms with Crippen LogP contribution in [-0.4, -0.2) is 37.7 Å². The SMILES string of the molecule is C#C/C1=C2\C=CC(=N2)/C(CC)=C2/C=CC(=N2)/C(c2nccn2C)=c2/cc/c([nH]2)=C(\CC)C2=NC1C=C2. The van der Waals surface area contributed by atoms with Crippen LogP contribution in [-0.2, 0) is 7.05 Å². The largest absolute Gasteiger partial charge is 0.355 e. The smallest absolute Gasteiger partial charge is 0.143 e. The molecule has 8 bridgehead atoms. The highest BCUT2D eigenvalue weighted by Gasteiger charge is 2.24. The van der Waals surface area contributed by atoms with Crippen LogP contribution in [0.2, 0.25) is 0 Å². The van der Waals surface area contributed by atoms with Crippen molar-refractivity contribution in [3.63, 3.8) is 0 Å². The molecule has 2 aromatic heterocycles. The highest BCUT2D eigenvalue weighted by molar-refractivity contribution is 6.30. The molecule has 0 fully saturated rings. The van der Waals surface area contributed by atoms with Crippen LogP contribution in [0.15, 0.2) is 98.5 Å². The average molecular weight is 471 g/mol. The lowest BCUT2D eigenvalue weighted by Crippen LogP contribution is -2.21. The van der Waals surface area contributed by atoms with Gasteiger partial charge in [0.2, 0.25) is 0 Å². The molecule has 0 saturated heterocycles. The maximum Gasteiger partial charge on any atom is 0.143 e. The monoisotopic (exact) mass is 470 g/mol. The number of imidazole rings is 1. The van der Waals surface area contributed by atoms with E-state index in [2.05, 4.69) is 66.2 Å². The Balaban J connectivity index is 1.71. The first-order valence-corrected chi connectivity index (χ1v) is 12.3. The first kappa shape index (κ1) is 22.0. The summed E-state index contributed by atoms with van der Waals surface area (Å²) < 4.78 is 2.02. The molecule has 6 nitrogen and oxygen atoms in total. The third kappa shape index (κ3) is 3.44. The van der Waals surface area contributed by atoms with Gasteiger partial charge in [0, 0.05) is 35.9 Å². The van der Waals surface area contributed by atoms with Crippen LogP contribution < -0.4 is 10.7 Å². The molecule has 176 valence electrons. The van der Waals surface area contributed by atoms with Crippen LogP contribution in [0.4, 0.5) is 0 Å². The van der Waals surface area contributed by atoms with E-state index >= 15 is 0 Å². The minimum atomic E-state index is -0.222. The van der Waals surface area contributed by atoms with Crippen LogP contribution in [0, 0.1) is 12.3 Å². The second-order valence-corrected chi connectivity index (χ2v) is 8.99. The lowest BCUT2D eigenvalue weighted by molar-refractivity contribution is 0.891. The van der Waals surface area contributed by atoms with Gasteiger partial charge in [-0.3, -0.25) is 4.99 Å². The van der Waals surface area contributed by atoms with E-state index in [1.807, 2.05) is 36.2 Å². The normalized spacial score (nSPS) is 27.4. The summed E-state index contributed by atoms with van der Waals surface area (Å²) in [6.07, 6.45) is 23.7. The Kier molecular flexibility index (Phi) is 5.26. The molecule has 2 aromatic rings. The van der Waals surface area contributed by atoms with Gasteiger partial charge in [0.15, 0.2) is 0 Å². The second kappa shape index (κ2) is 8.62. The topological polar surface area (TPSA) is 70.7 Å². The standard InChI is InChI=1S/C30H26N6/c1-5-18-21-8-10-23(32-21)19(6-2)25-12-14-27(34-25)29(30-31-16-17-36(30)4)28-15-13-26(35-28)20(7-3)24-11-9-22(18)33-24/h1,8-17,21,34H,6-7H2,2-4H3/b22-18-,25-19-,26-20-,29-27+. The maximum atomic E-state index is 5.97. The van der Waals surface area contributed by atoms with Crippen LogP contribution in [0.1, 0.15) is 32.5 Å². The number of H-pyrrole nitrogens is 1. The number of aliphatic imine (C=N–C) groups is 3. The van der Waals surface area contributed by atoms with Gasteiger partial charge in [0.1, 0.15) is 11.9 Å². The summed E-state index contributed by atoms with van der Waals surface area (Å²) in [5.74, 6) is 3.72. The number of aryl methyl sites for hydroxylation is 1. The van der Waals surface area contributed by atoms with Gasteiger partial charge >= 0.3 is 0 Å². The molecule has 4 aliphatic rings. The Morgan fingerprint density at radius 2 is 1.67 bits per heavy atom. The number of hydrogen-bond acceptors (Lipinski definition) is 4. The fourth-order valence-electron chi connectivity index (χ4n) is 5.12. The van der Waals surface area contributed by atoms with Gasteiger partial charge < -0.3 is 9.55 Å². The van der Waals surface area contributed by atoms with E-state index in [0.29, 0.717) is 0 Å². The third-order valence-corrected chi connectivity index (χ3v) is 6.94. The Labute approximate surface area is 210 Å². The summed E-state index contributed by atoms with van der Waals surface area (Å²) in [6, 6.07) is 4.00. The summed E-state index contributed by atoms with van der Waals surface area (Å²) >= 11 is 0. The first-order chi connectivity index (χ1) is 17.6. The minimum Gasteiger partial charge on any atom is -0.355 e. The van der Waals surface area contributed by atoms with Crippen molar-refractivity contribution in [2.75, 3.05) is 0 Å². The lowest BCUT2D eigenvalue weighted by Gasteiger charge is -2.09. The molecular weight excluding hydrogens is 444 g/mol. The summed E-state index contributed by atoms with van der Waals surface area (Å²) in [4.78, 5) is 23.3. The van der Waals surface area contributed by atoms with Crippen LogP contribution in [0.25, 0.3) is 11.1 Å². The van der Waals surface area contributed by atoms with E-state index in [1.165, 1.54) is 0 Å². The highest BCUT2D eigenvalue weighted by Crippen LogP contribution is 2.29. The summed E-state index contributed by atoms with van der Waals surface area (Å²) in [5, 5.41) is 1.99. The van der Waals surface area contributed by atoms with E-state index < -0.39 is 0 Å². The quantitative estimate of drug-likeness (QED) is 0.686. The Morgan fingerprint density at radius 1 is 0.917 bits per heavy atom. The Bertz CT molecular complexity index is 1710. The number of terminal acetylenes is 1. The van der Waals surface area contributed by atoms with Crippen molar-refractivity contribution >= 4 is 28.3 Å². The number of hydrogen-bond donors (Lipinski definition) is 1. The number of nitrogens with zero attached hydrogens (tertiary/aromatic N) is 5. The Morgan fingerprint density at radius 3 is 2.42 bits per heavy atom. The Hall–Kier alpha value is -4.50. The number of nitrogens with one attached hydrogen (secondary N) is 1. The van der Waals surface area contributed by atoms with Gasteiger partial charge in [-0.15, -0.1) is 6.42 Å². The highest BCUT2D eigenvalue weighted by atomic mass is 15.0. The maximum absolute atomic E-state index is 5.97. The zero-order chi connectivity index (χ0) is 24.8. The van der Waals surface area contributed by atoms with Crippen molar-refractivity contribution in [1.82, 2.24) is 14.5 Å². The van der Waals surface area contributed by atoms with E-state index in [1.54, 1.807) is 0 Å². The zero-order valence-corrected chi connectivity index (χ0v) is 20.6. The lowest BCUT2D eigenvalue weighted by atomic mass is 10.1. The molecule has 4 aliphatic heterocycles. The predicted octanol–water partition coefficient (Wildman–Crippen LogP) is 3.47.